The van der Waals surface area contributed by atoms with Crippen LogP contribution >= 0.6 is 12.2 Å². The van der Waals surface area contributed by atoms with Gasteiger partial charge in [-0.25, -0.2) is 8.78 Å². The molecule has 2 aromatic heterocycles. The molecule has 100 valence electrons. The van der Waals surface area contributed by atoms with Gasteiger partial charge < -0.3 is 0 Å². The van der Waals surface area contributed by atoms with E-state index in [1.54, 1.807) is 24.5 Å². The number of nitrogens with zero attached hydrogens (tertiary/aromatic N) is 3. The first-order valence-electron chi connectivity index (χ1n) is 5.70. The van der Waals surface area contributed by atoms with E-state index in [2.05, 4.69) is 15.2 Å². The summed E-state index contributed by atoms with van der Waals surface area (Å²) in [5, 5.41) is 6.65. The van der Waals surface area contributed by atoms with Gasteiger partial charge in [0.25, 0.3) is 0 Å². The summed E-state index contributed by atoms with van der Waals surface area (Å²) < 4.78 is 28.9. The normalized spacial score (nSPS) is 10.7. The minimum absolute atomic E-state index is 0.00978. The van der Waals surface area contributed by atoms with Crippen LogP contribution in [-0.4, -0.2) is 19.7 Å². The summed E-state index contributed by atoms with van der Waals surface area (Å²) in [6.07, 6.45) is 3.17. The molecule has 0 spiro atoms. The summed E-state index contributed by atoms with van der Waals surface area (Å²) in [5.74, 6) is -1.52. The van der Waals surface area contributed by atoms with Crippen LogP contribution in [-0.2, 0) is 0 Å². The first-order valence-corrected chi connectivity index (χ1v) is 6.11. The summed E-state index contributed by atoms with van der Waals surface area (Å²) in [6, 6.07) is 7.32. The number of nitrogens with one attached hydrogen (secondary N) is 1. The number of hydrogen-bond acceptors (Lipinski definition) is 3. The van der Waals surface area contributed by atoms with Gasteiger partial charge in [-0.15, -0.1) is 0 Å². The van der Waals surface area contributed by atoms with Gasteiger partial charge in [0.2, 0.25) is 0 Å². The molecule has 2 heterocycles. The van der Waals surface area contributed by atoms with Gasteiger partial charge in [-0.3, -0.25) is 14.6 Å². The van der Waals surface area contributed by atoms with E-state index in [0.29, 0.717) is 11.4 Å². The number of halogens is 2. The SMILES string of the molecule is Fc1cccc(-n2c(-c3ccncc3)n[nH]c2=S)c1F. The van der Waals surface area contributed by atoms with E-state index in [-0.39, 0.29) is 10.5 Å². The van der Waals surface area contributed by atoms with Crippen LogP contribution < -0.4 is 0 Å². The Hall–Kier alpha value is -2.41. The molecular weight excluding hydrogens is 282 g/mol. The molecule has 0 bridgehead atoms. The smallest absolute Gasteiger partial charge is 0.200 e. The van der Waals surface area contributed by atoms with Crippen LogP contribution in [0, 0.1) is 16.4 Å². The molecule has 0 saturated heterocycles. The summed E-state index contributed by atoms with van der Waals surface area (Å²) in [6.45, 7) is 0. The molecule has 7 heteroatoms. The second-order valence-electron chi connectivity index (χ2n) is 4.00. The van der Waals surface area contributed by atoms with Gasteiger partial charge in [-0.2, -0.15) is 5.10 Å². The molecular formula is C13H8F2N4S. The Labute approximate surface area is 117 Å². The number of hydrogen-bond donors (Lipinski definition) is 1. The maximum absolute atomic E-state index is 13.9. The summed E-state index contributed by atoms with van der Waals surface area (Å²) in [4.78, 5) is 3.90. The third-order valence-corrected chi connectivity index (χ3v) is 3.06. The fourth-order valence-electron chi connectivity index (χ4n) is 1.88. The predicted octanol–water partition coefficient (Wildman–Crippen LogP) is 3.27. The van der Waals surface area contributed by atoms with Crippen molar-refractivity contribution < 1.29 is 8.78 Å². The average molecular weight is 290 g/mol. The molecule has 20 heavy (non-hydrogen) atoms. The largest absolute Gasteiger partial charge is 0.265 e. The van der Waals surface area contributed by atoms with Crippen molar-refractivity contribution in [3.8, 4) is 17.1 Å². The van der Waals surface area contributed by atoms with Gasteiger partial charge in [-0.1, -0.05) is 6.07 Å². The van der Waals surface area contributed by atoms with Crippen molar-refractivity contribution in [2.75, 3.05) is 0 Å². The van der Waals surface area contributed by atoms with E-state index in [9.17, 15) is 8.78 Å². The van der Waals surface area contributed by atoms with E-state index in [1.165, 1.54) is 16.7 Å². The van der Waals surface area contributed by atoms with Gasteiger partial charge in [0.1, 0.15) is 0 Å². The molecule has 3 aromatic rings. The maximum Gasteiger partial charge on any atom is 0.200 e. The third kappa shape index (κ3) is 2.01. The molecule has 1 aromatic carbocycles. The number of aromatic amines is 1. The molecule has 4 nitrogen and oxygen atoms in total. The molecule has 0 aliphatic rings. The average Bonchev–Trinajstić information content (AvgIpc) is 2.85. The number of H-pyrrole nitrogens is 1. The number of pyridine rings is 1. The third-order valence-electron chi connectivity index (χ3n) is 2.78. The van der Waals surface area contributed by atoms with Gasteiger partial charge >= 0.3 is 0 Å². The molecule has 0 atom stereocenters. The Bertz CT molecular complexity index is 811. The lowest BCUT2D eigenvalue weighted by Gasteiger charge is -2.08. The molecule has 0 saturated carbocycles. The van der Waals surface area contributed by atoms with Crippen molar-refractivity contribution in [3.63, 3.8) is 0 Å². The van der Waals surface area contributed by atoms with Crippen molar-refractivity contribution in [1.82, 2.24) is 19.7 Å². The predicted molar refractivity (Wildman–Crippen MR) is 71.9 cm³/mol. The number of benzene rings is 1. The lowest BCUT2D eigenvalue weighted by molar-refractivity contribution is 0.504. The number of aromatic nitrogens is 4. The fourth-order valence-corrected chi connectivity index (χ4v) is 2.11. The quantitative estimate of drug-likeness (QED) is 0.737. The molecule has 0 radical (unpaired) electrons. The van der Waals surface area contributed by atoms with Crippen LogP contribution in [0.4, 0.5) is 8.78 Å². The van der Waals surface area contributed by atoms with Gasteiger partial charge in [-0.05, 0) is 36.5 Å². The lowest BCUT2D eigenvalue weighted by atomic mass is 10.2. The van der Waals surface area contributed by atoms with Crippen LogP contribution in [0.25, 0.3) is 17.1 Å². The molecule has 0 unspecified atom stereocenters. The van der Waals surface area contributed by atoms with Crippen molar-refractivity contribution in [2.24, 2.45) is 0 Å². The second kappa shape index (κ2) is 4.93. The standard InChI is InChI=1S/C13H8F2N4S/c14-9-2-1-3-10(11(9)15)19-12(17-18-13(19)20)8-4-6-16-7-5-8/h1-7H,(H,18,20). The molecule has 0 aliphatic carbocycles. The highest BCUT2D eigenvalue weighted by atomic mass is 32.1. The molecule has 0 aliphatic heterocycles. The zero-order chi connectivity index (χ0) is 14.1. The topological polar surface area (TPSA) is 46.5 Å². The number of rotatable bonds is 2. The van der Waals surface area contributed by atoms with E-state index in [4.69, 9.17) is 12.2 Å². The van der Waals surface area contributed by atoms with E-state index < -0.39 is 11.6 Å². The van der Waals surface area contributed by atoms with Crippen LogP contribution in [0.3, 0.4) is 0 Å². The first kappa shape index (κ1) is 12.6. The van der Waals surface area contributed by atoms with Gasteiger partial charge in [0, 0.05) is 18.0 Å². The monoisotopic (exact) mass is 290 g/mol. The van der Waals surface area contributed by atoms with Gasteiger partial charge in [0.05, 0.1) is 5.69 Å². The summed E-state index contributed by atoms with van der Waals surface area (Å²) in [7, 11) is 0. The van der Waals surface area contributed by atoms with Crippen molar-refractivity contribution in [2.45, 2.75) is 0 Å². The summed E-state index contributed by atoms with van der Waals surface area (Å²) >= 11 is 5.10. The Morgan fingerprint density at radius 1 is 1.10 bits per heavy atom. The second-order valence-corrected chi connectivity index (χ2v) is 4.38. The molecule has 0 fully saturated rings. The maximum atomic E-state index is 13.9. The van der Waals surface area contributed by atoms with E-state index in [1.807, 2.05) is 0 Å². The Morgan fingerprint density at radius 2 is 1.85 bits per heavy atom. The molecule has 3 rings (SSSR count). The highest BCUT2D eigenvalue weighted by Crippen LogP contribution is 2.23. The first-order chi connectivity index (χ1) is 9.68. The fraction of sp³-hybridized carbons (Fsp3) is 0. The van der Waals surface area contributed by atoms with Crippen LogP contribution in [0.15, 0.2) is 42.7 Å². The lowest BCUT2D eigenvalue weighted by Crippen LogP contribution is -2.02. The molecule has 0 amide bonds. The van der Waals surface area contributed by atoms with Crippen molar-refractivity contribution >= 4 is 12.2 Å². The van der Waals surface area contributed by atoms with Gasteiger partial charge in [0.15, 0.2) is 22.2 Å². The van der Waals surface area contributed by atoms with Crippen LogP contribution in [0.1, 0.15) is 0 Å². The van der Waals surface area contributed by atoms with Crippen LogP contribution in [0.2, 0.25) is 0 Å². The zero-order valence-electron chi connectivity index (χ0n) is 10.0. The van der Waals surface area contributed by atoms with Crippen molar-refractivity contribution in [3.05, 3.63) is 59.1 Å². The minimum Gasteiger partial charge on any atom is -0.265 e. The highest BCUT2D eigenvalue weighted by molar-refractivity contribution is 7.71. The highest BCUT2D eigenvalue weighted by Gasteiger charge is 2.16. The van der Waals surface area contributed by atoms with Crippen molar-refractivity contribution in [1.29, 1.82) is 0 Å². The Balaban J connectivity index is 2.28. The minimum atomic E-state index is -0.972. The Kier molecular flexibility index (Phi) is 3.11. The zero-order valence-corrected chi connectivity index (χ0v) is 10.9. The molecule has 1 N–H and O–H groups in total. The summed E-state index contributed by atoms with van der Waals surface area (Å²) in [5.41, 5.74) is 0.701. The van der Waals surface area contributed by atoms with Crippen LogP contribution in [0.5, 0.6) is 0 Å². The van der Waals surface area contributed by atoms with E-state index >= 15 is 0 Å². The van der Waals surface area contributed by atoms with E-state index in [0.717, 1.165) is 6.07 Å². The Morgan fingerprint density at radius 3 is 2.60 bits per heavy atom.